The summed E-state index contributed by atoms with van der Waals surface area (Å²) in [7, 11) is 9.08. The fraction of sp³-hybridized carbons (Fsp3) is 0.723. The molecule has 12 N–H and O–H groups in total. The van der Waals surface area contributed by atoms with Crippen LogP contribution in [0, 0.1) is 17.8 Å². The van der Waals surface area contributed by atoms with Gasteiger partial charge in [-0.1, -0.05) is 153 Å². The number of hydrogen-bond acceptors (Lipinski definition) is 24. The van der Waals surface area contributed by atoms with Crippen LogP contribution in [0.4, 0.5) is 0 Å². The van der Waals surface area contributed by atoms with Crippen LogP contribution < -0.4 is 47.9 Å². The van der Waals surface area contributed by atoms with Gasteiger partial charge >= 0.3 is 17.9 Å². The van der Waals surface area contributed by atoms with Crippen LogP contribution in [0.15, 0.2) is 36.5 Å². The number of esters is 3. The second kappa shape index (κ2) is 47.9. The van der Waals surface area contributed by atoms with Crippen molar-refractivity contribution < 1.29 is 87.1 Å². The first-order chi connectivity index (χ1) is 45.0. The molecule has 98 heavy (non-hydrogen) atoms. The maximum Gasteiger partial charge on any atom is 0.309 e. The summed E-state index contributed by atoms with van der Waals surface area (Å²) in [6.45, 7) is 15.9. The maximum absolute atomic E-state index is 13.1. The van der Waals surface area contributed by atoms with Gasteiger partial charge in [0.05, 0.1) is 75.0 Å². The summed E-state index contributed by atoms with van der Waals surface area (Å²) in [5.74, 6) is -3.08. The summed E-state index contributed by atoms with van der Waals surface area (Å²) >= 11 is 0. The molecule has 0 radical (unpaired) electrons. The summed E-state index contributed by atoms with van der Waals surface area (Å²) in [6.07, 6.45) is 6.34. The SMILES string of the molecule is C.C.C.CC(C)CC1NC(=O)C2CSSCC/C=C/C(CC(=O)NC(C)C(=O)N2)OC(=O)CC1O.CC1NC(=O)CC2/C=C/CCSSCC(NC1=O)C(=O)NC(C(C)C)C(O)CC(=O)O2.CCC(C)C1NC(=O)C2CSSCC/C=C/C(CC(=O)NC(C)C(=O)N2)OC(=O)CC1O. The predicted molar refractivity (Wildman–Crippen MR) is 390 cm³/mol. The Hall–Kier alpha value is -5.16. The van der Waals surface area contributed by atoms with Gasteiger partial charge < -0.3 is 77.4 Å². The second-order valence-electron chi connectivity index (χ2n) is 24.5. The van der Waals surface area contributed by atoms with E-state index in [2.05, 4.69) is 47.9 Å². The van der Waals surface area contributed by atoms with Crippen LogP contribution in [0.2, 0.25) is 0 Å². The Morgan fingerprint density at radius 2 is 0.735 bits per heavy atom. The van der Waals surface area contributed by atoms with Crippen molar-refractivity contribution in [2.75, 3.05) is 34.5 Å². The van der Waals surface area contributed by atoms with Gasteiger partial charge in [0.1, 0.15) is 54.6 Å². The number of ether oxygens (including phenoxy) is 3. The van der Waals surface area contributed by atoms with Gasteiger partial charge in [0, 0.05) is 34.5 Å². The molecule has 6 aliphatic heterocycles. The van der Waals surface area contributed by atoms with E-state index in [1.807, 2.05) is 59.8 Å². The Morgan fingerprint density at radius 3 is 1.06 bits per heavy atom. The van der Waals surface area contributed by atoms with E-state index < -0.39 is 162 Å². The lowest BCUT2D eigenvalue weighted by Gasteiger charge is -2.30. The lowest BCUT2D eigenvalue weighted by Crippen LogP contribution is -2.57. The van der Waals surface area contributed by atoms with Gasteiger partial charge in [0.15, 0.2) is 0 Å². The number of fused-ring (bicyclic) bond motifs is 21. The average molecular weight is 1500 g/mol. The van der Waals surface area contributed by atoms with Crippen molar-refractivity contribution in [2.24, 2.45) is 17.8 Å². The molecule has 3 fully saturated rings. The molecule has 16 atom stereocenters. The van der Waals surface area contributed by atoms with Gasteiger partial charge in [-0.25, -0.2) is 0 Å². The van der Waals surface area contributed by atoms with E-state index in [9.17, 15) is 72.9 Å². The van der Waals surface area contributed by atoms with Crippen molar-refractivity contribution >= 4 is 136 Å². The number of allylic oxidation sites excluding steroid dienone is 3. The van der Waals surface area contributed by atoms with Crippen molar-refractivity contribution in [1.29, 1.82) is 0 Å². The van der Waals surface area contributed by atoms with Crippen molar-refractivity contribution in [3.05, 3.63) is 36.5 Å². The molecule has 6 aliphatic rings. The highest BCUT2D eigenvalue weighted by Gasteiger charge is 2.37. The molecular formula is C65H109N9O18S6. The van der Waals surface area contributed by atoms with E-state index in [1.165, 1.54) is 53.2 Å². The van der Waals surface area contributed by atoms with E-state index in [4.69, 9.17) is 14.2 Å². The zero-order chi connectivity index (χ0) is 70.3. The number of rotatable bonds is 5. The molecule has 6 rings (SSSR count). The minimum absolute atomic E-state index is 0. The van der Waals surface area contributed by atoms with E-state index in [1.54, 1.807) is 50.6 Å². The first-order valence-electron chi connectivity index (χ1n) is 32.1. The zero-order valence-electron chi connectivity index (χ0n) is 55.3. The van der Waals surface area contributed by atoms with Gasteiger partial charge in [-0.15, -0.1) is 0 Å². The van der Waals surface area contributed by atoms with Gasteiger partial charge in [0.25, 0.3) is 0 Å². The van der Waals surface area contributed by atoms with E-state index in [-0.39, 0.29) is 78.6 Å². The number of aliphatic hydroxyl groups excluding tert-OH is 3. The second-order valence-corrected chi connectivity index (χ2v) is 32.4. The third-order valence-electron chi connectivity index (χ3n) is 15.4. The molecule has 33 heteroatoms. The van der Waals surface area contributed by atoms with Crippen molar-refractivity contribution in [1.82, 2.24) is 47.9 Å². The Bertz CT molecular complexity index is 2700. The topological polar surface area (TPSA) is 401 Å². The average Bonchev–Trinajstić information content (AvgIpc) is 1.46. The predicted octanol–water partition coefficient (Wildman–Crippen LogP) is 4.26. The largest absolute Gasteiger partial charge is 0.457 e. The molecule has 6 heterocycles. The lowest BCUT2D eigenvalue weighted by atomic mass is 9.92. The molecule has 0 aromatic rings. The van der Waals surface area contributed by atoms with Crippen molar-refractivity contribution in [3.63, 3.8) is 0 Å². The van der Waals surface area contributed by atoms with Gasteiger partial charge in [0.2, 0.25) is 53.2 Å². The third kappa shape index (κ3) is 34.0. The van der Waals surface area contributed by atoms with Crippen LogP contribution in [0.3, 0.4) is 0 Å². The fourth-order valence-corrected chi connectivity index (χ4v) is 16.4. The summed E-state index contributed by atoms with van der Waals surface area (Å²) in [4.78, 5) is 152. The summed E-state index contributed by atoms with van der Waals surface area (Å²) < 4.78 is 16.3. The Kier molecular flexibility index (Phi) is 44.4. The number of hydrogen-bond donors (Lipinski definition) is 12. The minimum atomic E-state index is -1.18. The molecule has 0 aliphatic carbocycles. The summed E-state index contributed by atoms with van der Waals surface area (Å²) in [5.41, 5.74) is 0. The maximum atomic E-state index is 13.1. The number of carbonyl (C=O) groups is 12. The molecule has 6 bridgehead atoms. The molecular weight excluding hydrogens is 1390 g/mol. The minimum Gasteiger partial charge on any atom is -0.457 e. The van der Waals surface area contributed by atoms with Crippen LogP contribution in [0.1, 0.15) is 155 Å². The van der Waals surface area contributed by atoms with Crippen LogP contribution >= 0.6 is 64.8 Å². The van der Waals surface area contributed by atoms with Crippen LogP contribution in [-0.4, -0.2) is 212 Å². The first kappa shape index (κ1) is 90.9. The Morgan fingerprint density at radius 1 is 0.418 bits per heavy atom. The zero-order valence-corrected chi connectivity index (χ0v) is 60.2. The van der Waals surface area contributed by atoms with Gasteiger partial charge in [-0.3, -0.25) is 57.5 Å². The summed E-state index contributed by atoms with van der Waals surface area (Å²) in [5, 5.41) is 56.4. The Labute approximate surface area is 602 Å². The first-order valence-corrected chi connectivity index (χ1v) is 39.6. The van der Waals surface area contributed by atoms with Crippen LogP contribution in [0.25, 0.3) is 0 Å². The fourth-order valence-electron chi connectivity index (χ4n) is 9.92. The number of carbonyl (C=O) groups excluding carboxylic acids is 12. The molecule has 16 unspecified atom stereocenters. The highest BCUT2D eigenvalue weighted by Crippen LogP contribution is 2.28. The van der Waals surface area contributed by atoms with Gasteiger partial charge in [-0.05, 0) is 82.4 Å². The molecule has 9 amide bonds. The molecule has 0 aromatic heterocycles. The third-order valence-corrected chi connectivity index (χ3v) is 22.7. The number of nitrogens with one attached hydrogen (secondary N) is 9. The van der Waals surface area contributed by atoms with Crippen molar-refractivity contribution in [2.45, 2.75) is 246 Å². The molecule has 3 saturated heterocycles. The highest BCUT2D eigenvalue weighted by atomic mass is 33.1. The molecule has 27 nitrogen and oxygen atoms in total. The smallest absolute Gasteiger partial charge is 0.309 e. The highest BCUT2D eigenvalue weighted by molar-refractivity contribution is 8.77. The molecule has 558 valence electrons. The van der Waals surface area contributed by atoms with Crippen LogP contribution in [0.5, 0.6) is 0 Å². The molecule has 0 saturated carbocycles. The number of aliphatic hydroxyl groups is 3. The number of amides is 9. The van der Waals surface area contributed by atoms with E-state index >= 15 is 0 Å². The lowest BCUT2D eigenvalue weighted by molar-refractivity contribution is -0.152. The summed E-state index contributed by atoms with van der Waals surface area (Å²) in [6, 6.07) is -7.27. The van der Waals surface area contributed by atoms with Crippen molar-refractivity contribution in [3.8, 4) is 0 Å². The quantitative estimate of drug-likeness (QED) is 0.0791. The monoisotopic (exact) mass is 1500 g/mol. The standard InChI is InChI=1S/2C21H33N3O6S2.C20H31N3O6S2.3CH4/c1-12(2)8-15-17(25)10-19(27)30-14-6-4-5-7-31-32-11-16(21(29)23-15)24-20(28)13(3)22-18(26)9-14;1-4-12(2)19-16(25)10-18(27)30-14-7-5-6-8-31-32-11-15(21(29)24-19)23-20(28)13(3)22-17(26)9-14;1-11(2)18-15(24)9-17(26)29-13-6-4-5-7-30-31-10-14(20(28)23-18)22-19(27)12(3)21-16(25)8-13;;;/h4,6,12-17,25H,5,7-11H2,1-3H3,(H,22,26)(H,23,29)(H,24,28);5,7,12-16,19,25H,4,6,8-11H2,1-3H3,(H,22,26)(H,23,28)(H,24,29);4,6,11-15,18,24H,5,7-10H2,1-3H3,(H,21,25)(H,22,27)(H,23,28);3*1H4/b6-4+;7-5+;6-4+;;;. The van der Waals surface area contributed by atoms with E-state index in [0.29, 0.717) is 49.4 Å². The van der Waals surface area contributed by atoms with Crippen LogP contribution in [-0.2, 0) is 71.7 Å². The normalized spacial score (nSPS) is 32.0. The van der Waals surface area contributed by atoms with Gasteiger partial charge in [-0.2, -0.15) is 0 Å². The molecule has 0 spiro atoms. The van der Waals surface area contributed by atoms with E-state index in [0.717, 1.165) is 17.3 Å². The Balaban J connectivity index is 0.000000724. The molecule has 0 aromatic carbocycles.